The number of rotatable bonds is 3. The third-order valence-electron chi connectivity index (χ3n) is 4.98. The topological polar surface area (TPSA) is 21.2 Å². The zero-order chi connectivity index (χ0) is 18.3. The van der Waals surface area contributed by atoms with Gasteiger partial charge in [0.15, 0.2) is 11.0 Å². The smallest absolute Gasteiger partial charge is 0.253 e. The summed E-state index contributed by atoms with van der Waals surface area (Å²) in [5.74, 6) is 0. The maximum absolute atomic E-state index is 5.05. The second-order valence-electron chi connectivity index (χ2n) is 7.93. The van der Waals surface area contributed by atoms with Gasteiger partial charge in [-0.2, -0.15) is 4.40 Å². The number of hydrogen-bond donors (Lipinski definition) is 0. The van der Waals surface area contributed by atoms with Crippen molar-refractivity contribution < 1.29 is 4.57 Å². The molecule has 3 aromatic heterocycles. The first kappa shape index (κ1) is 16.8. The van der Waals surface area contributed by atoms with Gasteiger partial charge in [-0.1, -0.05) is 64.1 Å². The highest BCUT2D eigenvalue weighted by Gasteiger charge is 2.26. The minimum atomic E-state index is 0.0291. The molecule has 0 bridgehead atoms. The van der Waals surface area contributed by atoms with E-state index in [1.54, 1.807) is 0 Å². The fourth-order valence-corrected chi connectivity index (χ4v) is 3.58. The van der Waals surface area contributed by atoms with E-state index in [1.807, 2.05) is 0 Å². The summed E-state index contributed by atoms with van der Waals surface area (Å²) < 4.78 is 4.71. The van der Waals surface area contributed by atoms with Crippen LogP contribution in [-0.4, -0.2) is 9.38 Å². The number of benzene rings is 1. The van der Waals surface area contributed by atoms with Crippen LogP contribution in [0.3, 0.4) is 0 Å². The number of pyridine rings is 2. The third kappa shape index (κ3) is 2.78. The van der Waals surface area contributed by atoms with Crippen molar-refractivity contribution in [2.45, 2.75) is 46.1 Å². The van der Waals surface area contributed by atoms with Crippen LogP contribution in [0.25, 0.3) is 16.7 Å². The summed E-state index contributed by atoms with van der Waals surface area (Å²) in [4.78, 5) is 5.05. The Morgan fingerprint density at radius 1 is 1.00 bits per heavy atom. The molecule has 0 saturated carbocycles. The van der Waals surface area contributed by atoms with Crippen LogP contribution in [-0.2, 0) is 18.4 Å². The molecule has 3 heteroatoms. The zero-order valence-corrected chi connectivity index (χ0v) is 16.0. The van der Waals surface area contributed by atoms with E-state index in [0.717, 1.165) is 18.7 Å². The summed E-state index contributed by atoms with van der Waals surface area (Å²) in [5.41, 5.74) is 7.35. The molecule has 132 valence electrons. The average molecular weight is 344 g/mol. The van der Waals surface area contributed by atoms with Crippen LogP contribution in [0.5, 0.6) is 0 Å². The van der Waals surface area contributed by atoms with E-state index < -0.39 is 0 Å². The van der Waals surface area contributed by atoms with Crippen molar-refractivity contribution in [1.82, 2.24) is 9.38 Å². The first-order valence-corrected chi connectivity index (χ1v) is 9.36. The summed E-state index contributed by atoms with van der Waals surface area (Å²) >= 11 is 0. The van der Waals surface area contributed by atoms with Gasteiger partial charge >= 0.3 is 0 Å². The van der Waals surface area contributed by atoms with Crippen LogP contribution in [0.2, 0.25) is 0 Å². The molecule has 0 saturated heterocycles. The van der Waals surface area contributed by atoms with Gasteiger partial charge in [0.1, 0.15) is 6.54 Å². The maximum atomic E-state index is 5.05. The van der Waals surface area contributed by atoms with Crippen molar-refractivity contribution in [3.63, 3.8) is 0 Å². The van der Waals surface area contributed by atoms with Gasteiger partial charge in [0.05, 0.1) is 17.6 Å². The van der Waals surface area contributed by atoms with E-state index in [4.69, 9.17) is 4.98 Å². The second-order valence-corrected chi connectivity index (χ2v) is 7.93. The Morgan fingerprint density at radius 3 is 2.42 bits per heavy atom. The summed E-state index contributed by atoms with van der Waals surface area (Å²) in [6, 6.07) is 19.3. The minimum absolute atomic E-state index is 0.0291. The van der Waals surface area contributed by atoms with Crippen molar-refractivity contribution in [2.75, 3.05) is 0 Å². The highest BCUT2D eigenvalue weighted by molar-refractivity contribution is 5.78. The fraction of sp³-hybridized carbons (Fsp3) is 0.304. The molecule has 4 rings (SSSR count). The highest BCUT2D eigenvalue weighted by atomic mass is 15.1. The fourth-order valence-electron chi connectivity index (χ4n) is 3.58. The summed E-state index contributed by atoms with van der Waals surface area (Å²) in [7, 11) is 0. The minimum Gasteiger partial charge on any atom is -0.253 e. The molecule has 0 spiro atoms. The lowest BCUT2D eigenvalue weighted by molar-refractivity contribution is -0.636. The molecule has 0 atom stereocenters. The van der Waals surface area contributed by atoms with Crippen molar-refractivity contribution in [1.29, 1.82) is 0 Å². The molecule has 0 amide bonds. The van der Waals surface area contributed by atoms with Crippen LogP contribution in [0.1, 0.15) is 44.6 Å². The Hall–Kier alpha value is -2.68. The zero-order valence-electron chi connectivity index (χ0n) is 16.0. The SMILES string of the molecule is CCc1nc(C(C)(C)C)cc2c1[n+](Cc1ccccc1)c1ccccn21. The standard InChI is InChI=1S/C23H26N3/c1-5-18-22-19(15-20(24-18)23(2,3)4)25-14-10-9-13-21(25)26(22)16-17-11-7-6-8-12-17/h6-15H,5,16H2,1-4H3/q+1. The Bertz CT molecular complexity index is 1070. The lowest BCUT2D eigenvalue weighted by Crippen LogP contribution is -2.35. The molecular formula is C23H26N3+. The van der Waals surface area contributed by atoms with Gasteiger partial charge in [-0.05, 0) is 18.1 Å². The summed E-state index contributed by atoms with van der Waals surface area (Å²) in [6.07, 6.45) is 3.08. The van der Waals surface area contributed by atoms with E-state index in [0.29, 0.717) is 0 Å². The number of nitrogens with zero attached hydrogens (tertiary/aromatic N) is 3. The van der Waals surface area contributed by atoms with Gasteiger partial charge in [-0.15, -0.1) is 0 Å². The molecule has 0 unspecified atom stereocenters. The Labute approximate surface area is 154 Å². The van der Waals surface area contributed by atoms with Gasteiger partial charge < -0.3 is 0 Å². The van der Waals surface area contributed by atoms with Crippen LogP contribution in [0.4, 0.5) is 0 Å². The van der Waals surface area contributed by atoms with Crippen molar-refractivity contribution >= 4 is 16.7 Å². The Kier molecular flexibility index (Phi) is 4.03. The van der Waals surface area contributed by atoms with E-state index >= 15 is 0 Å². The number of aryl methyl sites for hydroxylation is 1. The highest BCUT2D eigenvalue weighted by Crippen LogP contribution is 2.26. The predicted octanol–water partition coefficient (Wildman–Crippen LogP) is 4.68. The molecule has 4 aromatic rings. The second kappa shape index (κ2) is 6.24. The van der Waals surface area contributed by atoms with Crippen LogP contribution in [0.15, 0.2) is 60.8 Å². The van der Waals surface area contributed by atoms with Crippen molar-refractivity contribution in [3.05, 3.63) is 77.7 Å². The lowest BCUT2D eigenvalue weighted by atomic mass is 9.91. The number of fused-ring (bicyclic) bond motifs is 3. The molecule has 3 heterocycles. The summed E-state index contributed by atoms with van der Waals surface area (Å²) in [5, 5.41) is 0. The van der Waals surface area contributed by atoms with Crippen molar-refractivity contribution in [3.8, 4) is 0 Å². The first-order valence-electron chi connectivity index (χ1n) is 9.36. The predicted molar refractivity (Wildman–Crippen MR) is 107 cm³/mol. The molecule has 0 aliphatic rings. The molecular weight excluding hydrogens is 318 g/mol. The van der Waals surface area contributed by atoms with E-state index in [-0.39, 0.29) is 5.41 Å². The quantitative estimate of drug-likeness (QED) is 0.494. The van der Waals surface area contributed by atoms with E-state index in [1.165, 1.54) is 27.9 Å². The molecule has 0 N–H and O–H groups in total. The van der Waals surface area contributed by atoms with Gasteiger partial charge in [-0.3, -0.25) is 4.98 Å². The van der Waals surface area contributed by atoms with Gasteiger partial charge in [0.25, 0.3) is 5.65 Å². The number of imidazole rings is 1. The van der Waals surface area contributed by atoms with Crippen LogP contribution in [0, 0.1) is 0 Å². The number of hydrogen-bond acceptors (Lipinski definition) is 1. The Morgan fingerprint density at radius 2 is 1.73 bits per heavy atom. The average Bonchev–Trinajstić information content (AvgIpc) is 2.95. The largest absolute Gasteiger partial charge is 0.287 e. The number of aromatic nitrogens is 3. The molecule has 3 nitrogen and oxygen atoms in total. The van der Waals surface area contributed by atoms with Gasteiger partial charge in [0, 0.05) is 17.5 Å². The first-order chi connectivity index (χ1) is 12.5. The van der Waals surface area contributed by atoms with Crippen LogP contribution < -0.4 is 4.57 Å². The molecule has 0 radical (unpaired) electrons. The van der Waals surface area contributed by atoms with Gasteiger partial charge in [0.2, 0.25) is 0 Å². The van der Waals surface area contributed by atoms with E-state index in [2.05, 4.69) is 97.5 Å². The Balaban J connectivity index is 2.06. The van der Waals surface area contributed by atoms with Gasteiger partial charge in [-0.25, -0.2) is 4.57 Å². The lowest BCUT2D eigenvalue weighted by Gasteiger charge is -2.18. The van der Waals surface area contributed by atoms with E-state index in [9.17, 15) is 0 Å². The molecule has 0 aliphatic heterocycles. The molecule has 26 heavy (non-hydrogen) atoms. The summed E-state index contributed by atoms with van der Waals surface area (Å²) in [6.45, 7) is 9.74. The van der Waals surface area contributed by atoms with Crippen LogP contribution >= 0.6 is 0 Å². The van der Waals surface area contributed by atoms with Crippen molar-refractivity contribution in [2.24, 2.45) is 0 Å². The molecule has 0 fully saturated rings. The maximum Gasteiger partial charge on any atom is 0.287 e. The molecule has 0 aliphatic carbocycles. The normalized spacial score (nSPS) is 12.2. The monoisotopic (exact) mass is 344 g/mol. The third-order valence-corrected chi connectivity index (χ3v) is 4.98. The molecule has 1 aromatic carbocycles.